The van der Waals surface area contributed by atoms with E-state index in [9.17, 15) is 4.79 Å². The first kappa shape index (κ1) is 18.1. The molecule has 0 spiro atoms. The van der Waals surface area contributed by atoms with E-state index >= 15 is 0 Å². The highest BCUT2D eigenvalue weighted by atomic mass is 16.1. The van der Waals surface area contributed by atoms with E-state index in [-0.39, 0.29) is 11.6 Å². The Balaban J connectivity index is 1.81. The maximum Gasteiger partial charge on any atom is 0.274 e. The fourth-order valence-electron chi connectivity index (χ4n) is 2.74. The first-order chi connectivity index (χ1) is 12.9. The van der Waals surface area contributed by atoms with Crippen molar-refractivity contribution in [1.82, 2.24) is 9.97 Å². The van der Waals surface area contributed by atoms with Crippen molar-refractivity contribution in [3.8, 4) is 6.07 Å². The maximum absolute atomic E-state index is 12.5. The van der Waals surface area contributed by atoms with E-state index in [4.69, 9.17) is 5.26 Å². The third kappa shape index (κ3) is 4.67. The summed E-state index contributed by atoms with van der Waals surface area (Å²) in [6.07, 6.45) is 0. The second-order valence-electron chi connectivity index (χ2n) is 6.36. The second kappa shape index (κ2) is 7.67. The zero-order chi connectivity index (χ0) is 19.4. The van der Waals surface area contributed by atoms with Crippen LogP contribution >= 0.6 is 0 Å². The number of nitrogens with zero attached hydrogens (tertiary/aromatic N) is 3. The lowest BCUT2D eigenvalue weighted by Crippen LogP contribution is -2.15. The largest absolute Gasteiger partial charge is 0.324 e. The summed E-state index contributed by atoms with van der Waals surface area (Å²) >= 11 is 0. The van der Waals surface area contributed by atoms with E-state index in [0.717, 1.165) is 16.8 Å². The van der Waals surface area contributed by atoms with E-state index in [2.05, 4.69) is 26.7 Å². The minimum atomic E-state index is -0.339. The molecule has 0 fully saturated rings. The molecule has 1 aromatic heterocycles. The Morgan fingerprint density at radius 2 is 1.59 bits per heavy atom. The molecule has 1 amide bonds. The Kier molecular flexibility index (Phi) is 5.13. The molecule has 0 saturated carbocycles. The minimum Gasteiger partial charge on any atom is -0.324 e. The molecular weight excluding hydrogens is 338 g/mol. The van der Waals surface area contributed by atoms with Crippen LogP contribution in [-0.2, 0) is 0 Å². The highest BCUT2D eigenvalue weighted by Crippen LogP contribution is 2.18. The zero-order valence-corrected chi connectivity index (χ0v) is 15.4. The third-order valence-corrected chi connectivity index (χ3v) is 3.84. The topological polar surface area (TPSA) is 90.7 Å². The molecule has 134 valence electrons. The predicted octanol–water partition coefficient (Wildman–Crippen LogP) is 4.27. The highest BCUT2D eigenvalue weighted by Gasteiger charge is 2.11. The van der Waals surface area contributed by atoms with Crippen LogP contribution in [0.5, 0.6) is 0 Å². The molecule has 0 aliphatic rings. The molecule has 0 radical (unpaired) electrons. The molecule has 3 aromatic rings. The lowest BCUT2D eigenvalue weighted by molar-refractivity contribution is 0.102. The molecule has 0 aliphatic heterocycles. The molecule has 3 rings (SSSR count). The number of aromatic nitrogens is 2. The van der Waals surface area contributed by atoms with Crippen molar-refractivity contribution in [1.29, 1.82) is 5.26 Å². The van der Waals surface area contributed by atoms with Crippen LogP contribution in [0, 0.1) is 32.1 Å². The lowest BCUT2D eigenvalue weighted by atomic mass is 10.1. The monoisotopic (exact) mass is 357 g/mol. The average molecular weight is 357 g/mol. The van der Waals surface area contributed by atoms with Gasteiger partial charge in [-0.25, -0.2) is 9.97 Å². The van der Waals surface area contributed by atoms with Crippen LogP contribution in [-0.4, -0.2) is 15.9 Å². The van der Waals surface area contributed by atoms with Gasteiger partial charge in [-0.1, -0.05) is 6.07 Å². The smallest absolute Gasteiger partial charge is 0.274 e. The fraction of sp³-hybridized carbons (Fsp3) is 0.143. The normalized spacial score (nSPS) is 10.1. The van der Waals surface area contributed by atoms with E-state index in [0.29, 0.717) is 22.9 Å². The van der Waals surface area contributed by atoms with Gasteiger partial charge in [0, 0.05) is 17.1 Å². The Bertz CT molecular complexity index is 1020. The molecule has 0 bridgehead atoms. The van der Waals surface area contributed by atoms with Crippen LogP contribution in [0.4, 0.5) is 17.3 Å². The summed E-state index contributed by atoms with van der Waals surface area (Å²) in [6, 6.07) is 16.4. The van der Waals surface area contributed by atoms with Crippen LogP contribution in [0.3, 0.4) is 0 Å². The summed E-state index contributed by atoms with van der Waals surface area (Å²) < 4.78 is 0. The summed E-state index contributed by atoms with van der Waals surface area (Å²) in [5, 5.41) is 14.8. The first-order valence-corrected chi connectivity index (χ1v) is 8.45. The van der Waals surface area contributed by atoms with Crippen molar-refractivity contribution < 1.29 is 4.79 Å². The van der Waals surface area contributed by atoms with Crippen LogP contribution in [0.15, 0.2) is 48.5 Å². The van der Waals surface area contributed by atoms with Crippen LogP contribution < -0.4 is 10.6 Å². The lowest BCUT2D eigenvalue weighted by Gasteiger charge is -2.10. The van der Waals surface area contributed by atoms with Gasteiger partial charge >= 0.3 is 0 Å². The Hall–Kier alpha value is -3.72. The number of carbonyl (C=O) groups excluding carboxylic acids is 1. The Labute approximate surface area is 157 Å². The SMILES string of the molecule is Cc1cc(C)cc(Nc2nc(C)cc(C(=O)Nc3ccc(C#N)cc3)n2)c1. The average Bonchev–Trinajstić information content (AvgIpc) is 2.61. The summed E-state index contributed by atoms with van der Waals surface area (Å²) in [5.41, 5.74) is 5.20. The molecule has 2 N–H and O–H groups in total. The molecule has 1 heterocycles. The molecule has 0 atom stereocenters. The van der Waals surface area contributed by atoms with Gasteiger partial charge in [0.1, 0.15) is 5.69 Å². The first-order valence-electron chi connectivity index (χ1n) is 8.45. The van der Waals surface area contributed by atoms with E-state index in [1.54, 1.807) is 30.3 Å². The van der Waals surface area contributed by atoms with Crippen molar-refractivity contribution >= 4 is 23.2 Å². The van der Waals surface area contributed by atoms with Gasteiger partial charge in [0.25, 0.3) is 5.91 Å². The zero-order valence-electron chi connectivity index (χ0n) is 15.4. The molecule has 2 aromatic carbocycles. The van der Waals surface area contributed by atoms with Gasteiger partial charge in [-0.3, -0.25) is 4.79 Å². The van der Waals surface area contributed by atoms with Crippen molar-refractivity contribution in [3.63, 3.8) is 0 Å². The van der Waals surface area contributed by atoms with Gasteiger partial charge in [-0.15, -0.1) is 0 Å². The van der Waals surface area contributed by atoms with Gasteiger partial charge in [0.2, 0.25) is 5.95 Å². The quantitative estimate of drug-likeness (QED) is 0.728. The van der Waals surface area contributed by atoms with Crippen LogP contribution in [0.1, 0.15) is 32.9 Å². The fourth-order valence-corrected chi connectivity index (χ4v) is 2.74. The second-order valence-corrected chi connectivity index (χ2v) is 6.36. The molecule has 0 unspecified atom stereocenters. The number of anilines is 3. The summed E-state index contributed by atoms with van der Waals surface area (Å²) in [7, 11) is 0. The predicted molar refractivity (Wildman–Crippen MR) is 105 cm³/mol. The minimum absolute atomic E-state index is 0.263. The van der Waals surface area contributed by atoms with Gasteiger partial charge in [0.15, 0.2) is 0 Å². The molecule has 6 nitrogen and oxygen atoms in total. The molecule has 0 saturated heterocycles. The van der Waals surface area contributed by atoms with Crippen molar-refractivity contribution in [2.45, 2.75) is 20.8 Å². The molecular formula is C21H19N5O. The molecule has 6 heteroatoms. The molecule has 27 heavy (non-hydrogen) atoms. The third-order valence-electron chi connectivity index (χ3n) is 3.84. The van der Waals surface area contributed by atoms with Gasteiger partial charge in [-0.05, 0) is 74.4 Å². The number of benzene rings is 2. The number of hydrogen-bond acceptors (Lipinski definition) is 5. The van der Waals surface area contributed by atoms with Gasteiger partial charge in [-0.2, -0.15) is 5.26 Å². The van der Waals surface area contributed by atoms with E-state index < -0.39 is 0 Å². The maximum atomic E-state index is 12.5. The number of nitriles is 1. The Morgan fingerprint density at radius 1 is 0.926 bits per heavy atom. The van der Waals surface area contributed by atoms with Crippen molar-refractivity contribution in [3.05, 3.63) is 76.6 Å². The highest BCUT2D eigenvalue weighted by molar-refractivity contribution is 6.03. The van der Waals surface area contributed by atoms with Gasteiger partial charge < -0.3 is 10.6 Å². The number of amides is 1. The number of nitrogens with one attached hydrogen (secondary N) is 2. The van der Waals surface area contributed by atoms with Crippen molar-refractivity contribution in [2.24, 2.45) is 0 Å². The summed E-state index contributed by atoms with van der Waals surface area (Å²) in [6.45, 7) is 5.85. The van der Waals surface area contributed by atoms with Crippen LogP contribution in [0.2, 0.25) is 0 Å². The number of hydrogen-bond donors (Lipinski definition) is 2. The summed E-state index contributed by atoms with van der Waals surface area (Å²) in [4.78, 5) is 21.2. The van der Waals surface area contributed by atoms with Crippen LogP contribution in [0.25, 0.3) is 0 Å². The van der Waals surface area contributed by atoms with E-state index in [1.807, 2.05) is 39.0 Å². The Morgan fingerprint density at radius 3 is 2.22 bits per heavy atom. The molecule has 0 aliphatic carbocycles. The number of aryl methyl sites for hydroxylation is 3. The number of rotatable bonds is 4. The van der Waals surface area contributed by atoms with Crippen molar-refractivity contribution in [2.75, 3.05) is 10.6 Å². The summed E-state index contributed by atoms with van der Waals surface area (Å²) in [5.74, 6) is 0.0265. The number of carbonyl (C=O) groups is 1. The standard InChI is InChI=1S/C21H19N5O/c1-13-8-14(2)10-18(9-13)25-21-23-15(3)11-19(26-21)20(27)24-17-6-4-16(12-22)5-7-17/h4-11H,1-3H3,(H,24,27)(H,23,25,26). The van der Waals surface area contributed by atoms with Gasteiger partial charge in [0.05, 0.1) is 11.6 Å². The van der Waals surface area contributed by atoms with E-state index in [1.165, 1.54) is 0 Å².